The quantitative estimate of drug-likeness (QED) is 0.473. The lowest BCUT2D eigenvalue weighted by Gasteiger charge is -2.36. The van der Waals surface area contributed by atoms with Gasteiger partial charge in [-0.25, -0.2) is 0 Å². The molecule has 2 N–H and O–H groups in total. The molecule has 20 heavy (non-hydrogen) atoms. The first kappa shape index (κ1) is 15.4. The number of alkyl halides is 2. The van der Waals surface area contributed by atoms with E-state index in [2.05, 4.69) is 63.7 Å². The first-order valence-electron chi connectivity index (χ1n) is 5.99. The highest BCUT2D eigenvalue weighted by Gasteiger charge is 2.41. The molecular formula is C14H10Br4O2. The van der Waals surface area contributed by atoms with Crippen LogP contribution < -0.4 is 0 Å². The van der Waals surface area contributed by atoms with Crippen molar-refractivity contribution in [1.29, 1.82) is 0 Å². The summed E-state index contributed by atoms with van der Waals surface area (Å²) < 4.78 is 1.67. The van der Waals surface area contributed by atoms with Gasteiger partial charge in [-0.2, -0.15) is 0 Å². The summed E-state index contributed by atoms with van der Waals surface area (Å²) in [7, 11) is 0. The highest BCUT2D eigenvalue weighted by Crippen LogP contribution is 2.51. The second-order valence-corrected chi connectivity index (χ2v) is 8.48. The molecule has 0 heterocycles. The first-order chi connectivity index (χ1) is 9.45. The lowest BCUT2D eigenvalue weighted by atomic mass is 9.85. The molecule has 2 aromatic carbocycles. The summed E-state index contributed by atoms with van der Waals surface area (Å²) in [4.78, 5) is -0.510. The molecule has 3 rings (SSSR count). The number of benzene rings is 2. The molecule has 2 nitrogen and oxygen atoms in total. The zero-order valence-electron chi connectivity index (χ0n) is 10.0. The van der Waals surface area contributed by atoms with Crippen molar-refractivity contribution < 1.29 is 10.2 Å². The maximum absolute atomic E-state index is 10.5. The summed E-state index contributed by atoms with van der Waals surface area (Å²) in [6.45, 7) is 0. The zero-order valence-corrected chi connectivity index (χ0v) is 16.4. The molecule has 4 atom stereocenters. The van der Waals surface area contributed by atoms with Crippen LogP contribution in [0.5, 0.6) is 0 Å². The number of hydrogen-bond donors (Lipinski definition) is 2. The molecule has 0 amide bonds. The molecular weight excluding hydrogens is 520 g/mol. The molecule has 0 unspecified atom stereocenters. The highest BCUT2D eigenvalue weighted by molar-refractivity contribution is 9.12. The second kappa shape index (κ2) is 5.63. The van der Waals surface area contributed by atoms with Gasteiger partial charge < -0.3 is 10.2 Å². The molecule has 0 aliphatic heterocycles. The molecule has 6 heteroatoms. The summed E-state index contributed by atoms with van der Waals surface area (Å²) in [6.07, 6.45) is -1.40. The van der Waals surface area contributed by atoms with Crippen LogP contribution in [0, 0.1) is 0 Å². The predicted molar refractivity (Wildman–Crippen MR) is 94.7 cm³/mol. The van der Waals surface area contributed by atoms with Crippen molar-refractivity contribution in [2.24, 2.45) is 0 Å². The topological polar surface area (TPSA) is 40.5 Å². The molecule has 0 spiro atoms. The standard InChI is InChI=1S/C14H10Br4O2/c15-9-5-3-1-2-4-6(5)10(16)8-7(9)13(19)11(17)12(18)14(8)20/h1-4,11-14,19-20H/t11-,12+,13-,14+. The zero-order chi connectivity index (χ0) is 14.6. The van der Waals surface area contributed by atoms with Crippen LogP contribution in [0.3, 0.4) is 0 Å². The fourth-order valence-corrected chi connectivity index (χ4v) is 5.33. The number of fused-ring (bicyclic) bond motifs is 2. The van der Waals surface area contributed by atoms with E-state index in [1.54, 1.807) is 0 Å². The minimum Gasteiger partial charge on any atom is -0.387 e. The third-order valence-corrected chi connectivity index (χ3v) is 8.22. The van der Waals surface area contributed by atoms with E-state index < -0.39 is 12.2 Å². The molecule has 0 radical (unpaired) electrons. The summed E-state index contributed by atoms with van der Waals surface area (Å²) in [5.74, 6) is 0. The molecule has 1 aliphatic carbocycles. The highest BCUT2D eigenvalue weighted by atomic mass is 79.9. The summed E-state index contributed by atoms with van der Waals surface area (Å²) >= 11 is 14.1. The summed E-state index contributed by atoms with van der Waals surface area (Å²) in [5.41, 5.74) is 1.47. The van der Waals surface area contributed by atoms with Crippen molar-refractivity contribution in [3.05, 3.63) is 44.3 Å². The number of aliphatic hydroxyl groups excluding tert-OH is 2. The van der Waals surface area contributed by atoms with Gasteiger partial charge in [0.1, 0.15) is 0 Å². The van der Waals surface area contributed by atoms with Crippen LogP contribution in [0.2, 0.25) is 0 Å². The van der Waals surface area contributed by atoms with Crippen LogP contribution in [0.25, 0.3) is 10.8 Å². The average Bonchev–Trinajstić information content (AvgIpc) is 2.46. The van der Waals surface area contributed by atoms with Gasteiger partial charge in [-0.1, -0.05) is 56.1 Å². The van der Waals surface area contributed by atoms with Gasteiger partial charge in [0, 0.05) is 20.1 Å². The fourth-order valence-electron chi connectivity index (χ4n) is 2.64. The van der Waals surface area contributed by atoms with Gasteiger partial charge in [-0.15, -0.1) is 0 Å². The Bertz CT molecular complexity index is 630. The Hall–Kier alpha value is 0.540. The van der Waals surface area contributed by atoms with E-state index in [0.717, 1.165) is 30.8 Å². The van der Waals surface area contributed by atoms with Crippen molar-refractivity contribution in [2.75, 3.05) is 0 Å². The van der Waals surface area contributed by atoms with Crippen LogP contribution >= 0.6 is 63.7 Å². The monoisotopic (exact) mass is 526 g/mol. The Morgan fingerprint density at radius 2 is 1.10 bits per heavy atom. The van der Waals surface area contributed by atoms with E-state index >= 15 is 0 Å². The molecule has 0 bridgehead atoms. The van der Waals surface area contributed by atoms with Crippen LogP contribution in [0.15, 0.2) is 33.2 Å². The predicted octanol–water partition coefficient (Wildman–Crippen LogP) is 4.97. The molecule has 106 valence electrons. The van der Waals surface area contributed by atoms with Gasteiger partial charge in [0.05, 0.1) is 21.9 Å². The Morgan fingerprint density at radius 3 is 1.45 bits per heavy atom. The first-order valence-corrected chi connectivity index (χ1v) is 9.40. The molecule has 0 fully saturated rings. The Morgan fingerprint density at radius 1 is 0.750 bits per heavy atom. The lowest BCUT2D eigenvalue weighted by molar-refractivity contribution is 0.105. The second-order valence-electron chi connectivity index (χ2n) is 4.78. The van der Waals surface area contributed by atoms with Crippen LogP contribution in [-0.2, 0) is 0 Å². The van der Waals surface area contributed by atoms with Crippen LogP contribution in [0.1, 0.15) is 23.3 Å². The third-order valence-electron chi connectivity index (χ3n) is 3.66. The largest absolute Gasteiger partial charge is 0.387 e. The Balaban J connectivity index is 2.43. The Labute approximate surface area is 150 Å². The van der Waals surface area contributed by atoms with Gasteiger partial charge in [0.15, 0.2) is 0 Å². The molecule has 1 aliphatic rings. The van der Waals surface area contributed by atoms with Crippen LogP contribution in [0.4, 0.5) is 0 Å². The van der Waals surface area contributed by atoms with Crippen molar-refractivity contribution >= 4 is 74.5 Å². The van der Waals surface area contributed by atoms with Gasteiger partial charge >= 0.3 is 0 Å². The number of rotatable bonds is 0. The van der Waals surface area contributed by atoms with Gasteiger partial charge in [0.2, 0.25) is 0 Å². The summed E-state index contributed by atoms with van der Waals surface area (Å²) in [5, 5.41) is 23.1. The van der Waals surface area contributed by atoms with E-state index in [1.807, 2.05) is 24.3 Å². The molecule has 2 aromatic rings. The average molecular weight is 530 g/mol. The van der Waals surface area contributed by atoms with Crippen molar-refractivity contribution in [3.63, 3.8) is 0 Å². The van der Waals surface area contributed by atoms with E-state index in [0.29, 0.717) is 0 Å². The maximum atomic E-state index is 10.5. The maximum Gasteiger partial charge on any atom is 0.0942 e. The van der Waals surface area contributed by atoms with Gasteiger partial charge in [-0.05, 0) is 42.6 Å². The van der Waals surface area contributed by atoms with Gasteiger partial charge in [-0.3, -0.25) is 0 Å². The number of aliphatic hydroxyl groups is 2. The molecule has 0 saturated heterocycles. The van der Waals surface area contributed by atoms with Crippen LogP contribution in [-0.4, -0.2) is 19.9 Å². The summed E-state index contributed by atoms with van der Waals surface area (Å²) in [6, 6.07) is 7.90. The van der Waals surface area contributed by atoms with Crippen molar-refractivity contribution in [2.45, 2.75) is 21.9 Å². The minimum absolute atomic E-state index is 0.255. The number of halogens is 4. The van der Waals surface area contributed by atoms with E-state index in [4.69, 9.17) is 0 Å². The SMILES string of the molecule is O[C@@H]1c2c(c(Br)c3ccccc3c2Br)[C@H](O)[C@@H](Br)[C@H]1Br. The fraction of sp³-hybridized carbons (Fsp3) is 0.286. The molecule has 0 saturated carbocycles. The van der Waals surface area contributed by atoms with Crippen molar-refractivity contribution in [3.8, 4) is 0 Å². The smallest absolute Gasteiger partial charge is 0.0942 e. The van der Waals surface area contributed by atoms with Crippen molar-refractivity contribution in [1.82, 2.24) is 0 Å². The normalized spacial score (nSPS) is 29.5. The van der Waals surface area contributed by atoms with E-state index in [9.17, 15) is 10.2 Å². The Kier molecular flexibility index (Phi) is 4.35. The third kappa shape index (κ3) is 2.15. The van der Waals surface area contributed by atoms with E-state index in [-0.39, 0.29) is 9.65 Å². The number of hydrogen-bond acceptors (Lipinski definition) is 2. The minimum atomic E-state index is -0.701. The molecule has 0 aromatic heterocycles. The van der Waals surface area contributed by atoms with Gasteiger partial charge in [0.25, 0.3) is 0 Å². The van der Waals surface area contributed by atoms with E-state index in [1.165, 1.54) is 0 Å². The lowest BCUT2D eigenvalue weighted by Crippen LogP contribution is -2.35.